The molecule has 0 radical (unpaired) electrons. The van der Waals surface area contributed by atoms with Gasteiger partial charge in [-0.3, -0.25) is 0 Å². The molecule has 0 aliphatic rings. The van der Waals surface area contributed by atoms with E-state index in [9.17, 15) is 0 Å². The largest absolute Gasteiger partial charge is 0.455 e. The molecule has 0 spiro atoms. The minimum Gasteiger partial charge on any atom is -0.455 e. The van der Waals surface area contributed by atoms with Crippen LogP contribution in [0.5, 0.6) is 0 Å². The zero-order chi connectivity index (χ0) is 45.4. The summed E-state index contributed by atoms with van der Waals surface area (Å²) in [6, 6.07) is 92.5. The molecule has 0 bridgehead atoms. The summed E-state index contributed by atoms with van der Waals surface area (Å²) in [4.78, 5) is 2.40. The van der Waals surface area contributed by atoms with Gasteiger partial charge >= 0.3 is 0 Å². The summed E-state index contributed by atoms with van der Waals surface area (Å²) in [6.07, 6.45) is 0. The van der Waals surface area contributed by atoms with Gasteiger partial charge in [0, 0.05) is 49.6 Å². The van der Waals surface area contributed by atoms with Gasteiger partial charge in [0.05, 0.1) is 16.7 Å². The summed E-state index contributed by atoms with van der Waals surface area (Å²) in [6.45, 7) is 0. The Balaban J connectivity index is 0.893. The topological polar surface area (TPSA) is 21.3 Å². The van der Waals surface area contributed by atoms with Crippen molar-refractivity contribution in [1.29, 1.82) is 0 Å². The van der Waals surface area contributed by atoms with Crippen LogP contribution in [0, 0.1) is 0 Å². The minimum absolute atomic E-state index is 0.891. The molecule has 14 aromatic rings. The van der Waals surface area contributed by atoms with Gasteiger partial charge in [0.1, 0.15) is 11.2 Å². The van der Waals surface area contributed by atoms with E-state index in [1.807, 2.05) is 0 Å². The highest BCUT2D eigenvalue weighted by Gasteiger charge is 2.20. The second-order valence-electron chi connectivity index (χ2n) is 18.0. The fourth-order valence-electron chi connectivity index (χ4n) is 10.9. The number of rotatable bonds is 7. The molecule has 0 fully saturated rings. The predicted octanol–water partition coefficient (Wildman–Crippen LogP) is 18.6. The monoisotopic (exact) mass is 878 g/mol. The van der Waals surface area contributed by atoms with E-state index in [4.69, 9.17) is 4.42 Å². The van der Waals surface area contributed by atoms with Crippen molar-refractivity contribution in [2.45, 2.75) is 0 Å². The standard InChI is InChI=1S/C66H42N2O/c1-3-17-53-44(13-1)27-28-48-41-49(34-39-54(48)53)55-18-5-8-23-61(55)67(51-37-31-46(32-38-51)56-22-12-26-64-65(56)60-40-33-45-14-2-4-19-57(45)66(60)69-64)50-35-29-43(30-36-50)47-15-11-16-52(42-47)68-62-24-9-6-20-58(62)59-21-7-10-25-63(59)68/h1-42H. The molecule has 69 heavy (non-hydrogen) atoms. The lowest BCUT2D eigenvalue weighted by Crippen LogP contribution is -2.11. The molecule has 14 rings (SSSR count). The van der Waals surface area contributed by atoms with Crippen LogP contribution in [0.2, 0.25) is 0 Å². The van der Waals surface area contributed by atoms with E-state index < -0.39 is 0 Å². The molecule has 0 aliphatic heterocycles. The molecule has 3 heteroatoms. The number of para-hydroxylation sites is 3. The molecule has 2 aromatic heterocycles. The Morgan fingerprint density at radius 2 is 0.870 bits per heavy atom. The third kappa shape index (κ3) is 6.36. The first-order chi connectivity index (χ1) is 34.2. The van der Waals surface area contributed by atoms with Gasteiger partial charge in [0.15, 0.2) is 0 Å². The number of nitrogens with zero attached hydrogens (tertiary/aromatic N) is 2. The van der Waals surface area contributed by atoms with Crippen molar-refractivity contribution < 1.29 is 4.42 Å². The van der Waals surface area contributed by atoms with Crippen LogP contribution < -0.4 is 4.90 Å². The van der Waals surface area contributed by atoms with Gasteiger partial charge in [-0.1, -0.05) is 182 Å². The van der Waals surface area contributed by atoms with Crippen LogP contribution in [0.1, 0.15) is 0 Å². The summed E-state index contributed by atoms with van der Waals surface area (Å²) in [5.41, 5.74) is 15.5. The van der Waals surface area contributed by atoms with Crippen molar-refractivity contribution in [2.24, 2.45) is 0 Å². The Kier molecular flexibility index (Phi) is 8.90. The fraction of sp³-hybridized carbons (Fsp3) is 0. The Labute approximate surface area is 399 Å². The van der Waals surface area contributed by atoms with Crippen LogP contribution in [0.15, 0.2) is 259 Å². The maximum Gasteiger partial charge on any atom is 0.143 e. The van der Waals surface area contributed by atoms with Gasteiger partial charge in [0.25, 0.3) is 0 Å². The van der Waals surface area contributed by atoms with Gasteiger partial charge in [-0.25, -0.2) is 0 Å². The number of anilines is 3. The first-order valence-electron chi connectivity index (χ1n) is 23.7. The third-order valence-electron chi connectivity index (χ3n) is 14.2. The number of hydrogen-bond donors (Lipinski definition) is 0. The van der Waals surface area contributed by atoms with E-state index in [1.165, 1.54) is 54.3 Å². The van der Waals surface area contributed by atoms with Gasteiger partial charge in [0.2, 0.25) is 0 Å². The van der Waals surface area contributed by atoms with E-state index in [0.29, 0.717) is 0 Å². The Bertz CT molecular complexity index is 4260. The Hall–Kier alpha value is -9.18. The molecule has 2 heterocycles. The molecule has 0 saturated heterocycles. The normalized spacial score (nSPS) is 11.8. The van der Waals surface area contributed by atoms with Crippen molar-refractivity contribution in [1.82, 2.24) is 4.57 Å². The molecule has 322 valence electrons. The first-order valence-corrected chi connectivity index (χ1v) is 23.7. The van der Waals surface area contributed by atoms with Crippen molar-refractivity contribution in [2.75, 3.05) is 4.90 Å². The van der Waals surface area contributed by atoms with Crippen LogP contribution in [0.4, 0.5) is 17.1 Å². The average molecular weight is 879 g/mol. The quantitative estimate of drug-likeness (QED) is 0.149. The molecule has 0 aliphatic carbocycles. The van der Waals surface area contributed by atoms with E-state index >= 15 is 0 Å². The highest BCUT2D eigenvalue weighted by molar-refractivity contribution is 6.19. The summed E-state index contributed by atoms with van der Waals surface area (Å²) in [7, 11) is 0. The molecule has 0 unspecified atom stereocenters. The van der Waals surface area contributed by atoms with Crippen molar-refractivity contribution in [3.05, 3.63) is 255 Å². The number of hydrogen-bond acceptors (Lipinski definition) is 2. The Morgan fingerprint density at radius 1 is 0.319 bits per heavy atom. The van der Waals surface area contributed by atoms with Crippen LogP contribution in [-0.2, 0) is 0 Å². The van der Waals surface area contributed by atoms with Gasteiger partial charge in [-0.2, -0.15) is 0 Å². The van der Waals surface area contributed by atoms with Gasteiger partial charge < -0.3 is 13.9 Å². The van der Waals surface area contributed by atoms with Gasteiger partial charge in [-0.15, -0.1) is 0 Å². The molecule has 3 nitrogen and oxygen atoms in total. The lowest BCUT2D eigenvalue weighted by atomic mass is 9.95. The highest BCUT2D eigenvalue weighted by Crippen LogP contribution is 2.45. The SMILES string of the molecule is c1cc(-c2ccc(N(c3ccc(-c4cccc5oc6c7ccccc7ccc6c45)cc3)c3ccccc3-c3ccc4c(ccc5ccccc54)c3)cc2)cc(-n2c3ccccc3c3ccccc32)c1. The lowest BCUT2D eigenvalue weighted by Gasteiger charge is -2.28. The Morgan fingerprint density at radius 3 is 1.64 bits per heavy atom. The lowest BCUT2D eigenvalue weighted by molar-refractivity contribution is 0.673. The van der Waals surface area contributed by atoms with E-state index in [2.05, 4.69) is 264 Å². The van der Waals surface area contributed by atoms with Crippen molar-refractivity contribution >= 4 is 93.1 Å². The maximum atomic E-state index is 6.60. The molecule has 0 saturated carbocycles. The van der Waals surface area contributed by atoms with Crippen LogP contribution in [0.3, 0.4) is 0 Å². The average Bonchev–Trinajstić information content (AvgIpc) is 3.98. The smallest absolute Gasteiger partial charge is 0.143 e. The number of furan rings is 1. The maximum absolute atomic E-state index is 6.60. The molecule has 0 N–H and O–H groups in total. The number of fused-ring (bicyclic) bond motifs is 11. The molecule has 0 atom stereocenters. The van der Waals surface area contributed by atoms with E-state index in [1.54, 1.807) is 0 Å². The first kappa shape index (κ1) is 39.0. The summed E-state index contributed by atoms with van der Waals surface area (Å²) in [5.74, 6) is 0. The molecular formula is C66H42N2O. The fourth-order valence-corrected chi connectivity index (χ4v) is 10.9. The predicted molar refractivity (Wildman–Crippen MR) is 292 cm³/mol. The zero-order valence-corrected chi connectivity index (χ0v) is 37.6. The third-order valence-corrected chi connectivity index (χ3v) is 14.2. The highest BCUT2D eigenvalue weighted by atomic mass is 16.3. The van der Waals surface area contributed by atoms with Crippen molar-refractivity contribution in [3.8, 4) is 39.1 Å². The number of benzene rings is 12. The van der Waals surface area contributed by atoms with E-state index in [0.717, 1.165) is 77.9 Å². The zero-order valence-electron chi connectivity index (χ0n) is 37.6. The summed E-state index contributed by atoms with van der Waals surface area (Å²) in [5, 5.41) is 12.1. The summed E-state index contributed by atoms with van der Waals surface area (Å²) >= 11 is 0. The second-order valence-corrected chi connectivity index (χ2v) is 18.0. The van der Waals surface area contributed by atoms with Gasteiger partial charge in [-0.05, 0) is 128 Å². The number of aromatic nitrogens is 1. The van der Waals surface area contributed by atoms with Crippen LogP contribution >= 0.6 is 0 Å². The summed E-state index contributed by atoms with van der Waals surface area (Å²) < 4.78 is 8.99. The van der Waals surface area contributed by atoms with Crippen LogP contribution in [0.25, 0.3) is 115 Å². The molecule has 12 aromatic carbocycles. The minimum atomic E-state index is 0.891. The van der Waals surface area contributed by atoms with Crippen LogP contribution in [-0.4, -0.2) is 4.57 Å². The molecule has 0 amide bonds. The second kappa shape index (κ2) is 15.7. The van der Waals surface area contributed by atoms with Crippen molar-refractivity contribution in [3.63, 3.8) is 0 Å². The molecular weight excluding hydrogens is 837 g/mol. The van der Waals surface area contributed by atoms with E-state index in [-0.39, 0.29) is 0 Å².